The quantitative estimate of drug-likeness (QED) is 0.0353. The number of halogens is 3. The van der Waals surface area contributed by atoms with Gasteiger partial charge in [0.2, 0.25) is 0 Å². The van der Waals surface area contributed by atoms with Crippen LogP contribution in [-0.4, -0.2) is 13.8 Å². The Kier molecular flexibility index (Phi) is 24.0. The molecule has 0 saturated carbocycles. The van der Waals surface area contributed by atoms with E-state index < -0.39 is 0.564 Å². The molecule has 0 aliphatic carbocycles. The van der Waals surface area contributed by atoms with Crippen LogP contribution < -0.4 is 0 Å². The van der Waals surface area contributed by atoms with E-state index in [1.165, 1.54) is 115 Å². The lowest BCUT2D eigenvalue weighted by Crippen LogP contribution is -2.03. The van der Waals surface area contributed by atoms with Crippen molar-refractivity contribution in [2.45, 2.75) is 122 Å². The van der Waals surface area contributed by atoms with Gasteiger partial charge in [0, 0.05) is 6.61 Å². The summed E-state index contributed by atoms with van der Waals surface area (Å²) in [5.74, 6) is 0. The molecule has 0 spiro atoms. The second-order valence-electron chi connectivity index (χ2n) is 8.39. The van der Waals surface area contributed by atoms with Gasteiger partial charge in [-0.15, -0.1) is 0 Å². The molecule has 0 unspecified atom stereocenters. The highest BCUT2D eigenvalue weighted by atomic mass is 127. The molecule has 0 bridgehead atoms. The molecule has 1 nitrogen and oxygen atoms in total. The fraction of sp³-hybridized carbons (Fsp3) is 0.913. The lowest BCUT2D eigenvalue weighted by Gasteiger charge is -2.08. The van der Waals surface area contributed by atoms with Crippen molar-refractivity contribution in [1.82, 2.24) is 0 Å². The van der Waals surface area contributed by atoms with Crippen molar-refractivity contribution in [1.29, 1.82) is 0 Å². The zero-order chi connectivity index (χ0) is 20.9. The molecular formula is C23H45I3OSi. The van der Waals surface area contributed by atoms with Crippen LogP contribution in [0.5, 0.6) is 0 Å². The van der Waals surface area contributed by atoms with Gasteiger partial charge in [0.05, 0.1) is 6.61 Å². The summed E-state index contributed by atoms with van der Waals surface area (Å²) in [5.41, 5.74) is 1.13. The first kappa shape index (κ1) is 30.1. The van der Waals surface area contributed by atoms with E-state index in [1.54, 1.807) is 0 Å². The first-order valence-corrected chi connectivity index (χ1v) is 23.3. The Morgan fingerprint density at radius 2 is 0.929 bits per heavy atom. The summed E-state index contributed by atoms with van der Waals surface area (Å²) in [4.78, 5) is 0. The van der Waals surface area contributed by atoms with Crippen molar-refractivity contribution >= 4 is 66.0 Å². The summed E-state index contributed by atoms with van der Waals surface area (Å²) < 4.78 is 4.66. The topological polar surface area (TPSA) is 9.23 Å². The van der Waals surface area contributed by atoms with Gasteiger partial charge in [0.25, 0.3) is 0.564 Å². The maximum absolute atomic E-state index is 5.54. The molecule has 0 aliphatic rings. The van der Waals surface area contributed by atoms with E-state index in [0.717, 1.165) is 18.8 Å². The summed E-state index contributed by atoms with van der Waals surface area (Å²) in [6, 6.07) is 1.49. The fourth-order valence-corrected chi connectivity index (χ4v) is 7.51. The van der Waals surface area contributed by atoms with Crippen molar-refractivity contribution in [3.63, 3.8) is 0 Å². The van der Waals surface area contributed by atoms with Crippen LogP contribution in [0.3, 0.4) is 0 Å². The van der Waals surface area contributed by atoms with E-state index in [4.69, 9.17) is 4.74 Å². The molecule has 0 aromatic heterocycles. The van der Waals surface area contributed by atoms with E-state index in [1.807, 2.05) is 6.92 Å². The highest BCUT2D eigenvalue weighted by Gasteiger charge is 2.19. The largest absolute Gasteiger partial charge is 0.377 e. The first-order valence-electron chi connectivity index (χ1n) is 11.7. The molecule has 0 aliphatic heterocycles. The summed E-state index contributed by atoms with van der Waals surface area (Å²) >= 11 is 8.07. The minimum atomic E-state index is -0.871. The Hall–Kier alpha value is 2.11. The SMILES string of the molecule is C=C(C)COCCCCCCCCCCCCCCCCCCC[Si](I)(I)I. The van der Waals surface area contributed by atoms with Crippen LogP contribution in [0.2, 0.25) is 6.04 Å². The molecule has 5 heteroatoms. The zero-order valence-electron chi connectivity index (χ0n) is 18.4. The first-order chi connectivity index (χ1) is 13.4. The van der Waals surface area contributed by atoms with Crippen LogP contribution in [0.25, 0.3) is 0 Å². The Balaban J connectivity index is 3.04. The van der Waals surface area contributed by atoms with Crippen molar-refractivity contribution in [2.75, 3.05) is 13.2 Å². The van der Waals surface area contributed by atoms with E-state index in [-0.39, 0.29) is 0 Å². The second kappa shape index (κ2) is 22.3. The van der Waals surface area contributed by atoms with Gasteiger partial charge in [0.1, 0.15) is 0 Å². The van der Waals surface area contributed by atoms with Gasteiger partial charge in [-0.1, -0.05) is 180 Å². The average Bonchev–Trinajstić information content (AvgIpc) is 2.61. The molecule has 0 aromatic rings. The number of hydrogen-bond acceptors (Lipinski definition) is 1. The molecule has 0 radical (unpaired) electrons. The van der Waals surface area contributed by atoms with Crippen molar-refractivity contribution in [3.8, 4) is 0 Å². The van der Waals surface area contributed by atoms with E-state index in [9.17, 15) is 0 Å². The Morgan fingerprint density at radius 3 is 1.25 bits per heavy atom. The molecule has 0 saturated heterocycles. The van der Waals surface area contributed by atoms with E-state index >= 15 is 0 Å². The van der Waals surface area contributed by atoms with Crippen molar-refractivity contribution < 1.29 is 4.74 Å². The summed E-state index contributed by atoms with van der Waals surface area (Å²) in [6.07, 6.45) is 24.3. The normalized spacial score (nSPS) is 11.9. The third kappa shape index (κ3) is 28.1. The van der Waals surface area contributed by atoms with Crippen LogP contribution in [-0.2, 0) is 4.74 Å². The maximum atomic E-state index is 5.54. The Morgan fingerprint density at radius 1 is 0.607 bits per heavy atom. The molecule has 28 heavy (non-hydrogen) atoms. The standard InChI is InChI=1S/C23H45I3OSi/c1-23(2)22-27-20-18-16-14-12-10-8-6-4-3-5-7-9-11-13-15-17-19-21-28(24,25)26/h1,3-22H2,2H3. The number of unbranched alkanes of at least 4 members (excludes halogenated alkanes) is 16. The molecule has 0 heterocycles. The number of hydrogen-bond donors (Lipinski definition) is 0. The van der Waals surface area contributed by atoms with Gasteiger partial charge in [-0.2, -0.15) is 0 Å². The van der Waals surface area contributed by atoms with E-state index in [2.05, 4.69) is 72.0 Å². The molecule has 0 rings (SSSR count). The second-order valence-corrected chi connectivity index (χ2v) is 45.3. The molecule has 168 valence electrons. The smallest absolute Gasteiger partial charge is 0.253 e. The predicted molar refractivity (Wildman–Crippen MR) is 157 cm³/mol. The van der Waals surface area contributed by atoms with Crippen LogP contribution in [0, 0.1) is 0 Å². The van der Waals surface area contributed by atoms with Gasteiger partial charge in [-0.05, 0) is 19.4 Å². The van der Waals surface area contributed by atoms with Crippen molar-refractivity contribution in [3.05, 3.63) is 12.2 Å². The zero-order valence-corrected chi connectivity index (χ0v) is 25.9. The van der Waals surface area contributed by atoms with Crippen LogP contribution in [0.1, 0.15) is 116 Å². The summed E-state index contributed by atoms with van der Waals surface area (Å²) in [6.45, 7) is 7.52. The third-order valence-corrected chi connectivity index (χ3v) is 10.9. The highest BCUT2D eigenvalue weighted by Crippen LogP contribution is 2.35. The van der Waals surface area contributed by atoms with E-state index in [0.29, 0.717) is 0 Å². The van der Waals surface area contributed by atoms with Gasteiger partial charge in [-0.25, -0.2) is 0 Å². The summed E-state index contributed by atoms with van der Waals surface area (Å²) in [7, 11) is 0. The van der Waals surface area contributed by atoms with Crippen LogP contribution in [0.15, 0.2) is 12.2 Å². The lowest BCUT2D eigenvalue weighted by atomic mass is 10.0. The Labute approximate surface area is 216 Å². The fourth-order valence-electron chi connectivity index (χ4n) is 3.43. The third-order valence-electron chi connectivity index (χ3n) is 5.10. The molecule has 0 fully saturated rings. The molecule has 0 amide bonds. The van der Waals surface area contributed by atoms with Crippen molar-refractivity contribution in [2.24, 2.45) is 0 Å². The Bertz CT molecular complexity index is 345. The monoisotopic (exact) mass is 746 g/mol. The minimum Gasteiger partial charge on any atom is -0.377 e. The van der Waals surface area contributed by atoms with Gasteiger partial charge in [0.15, 0.2) is 0 Å². The van der Waals surface area contributed by atoms with Crippen LogP contribution >= 0.6 is 65.4 Å². The van der Waals surface area contributed by atoms with Crippen LogP contribution in [0.4, 0.5) is 0 Å². The number of ether oxygens (including phenoxy) is 1. The summed E-state index contributed by atoms with van der Waals surface area (Å²) in [5, 5.41) is 0. The molecule has 0 N–H and O–H groups in total. The minimum absolute atomic E-state index is 0.734. The highest BCUT2D eigenvalue weighted by molar-refractivity contribution is 14.4. The lowest BCUT2D eigenvalue weighted by molar-refractivity contribution is 0.151. The maximum Gasteiger partial charge on any atom is 0.253 e. The molecule has 0 atom stereocenters. The average molecular weight is 746 g/mol. The van der Waals surface area contributed by atoms with Gasteiger partial charge < -0.3 is 4.74 Å². The number of rotatable bonds is 22. The molecular weight excluding hydrogens is 701 g/mol. The van der Waals surface area contributed by atoms with Gasteiger partial charge >= 0.3 is 0 Å². The predicted octanol–water partition coefficient (Wildman–Crippen LogP) is 10.5. The molecule has 0 aromatic carbocycles. The van der Waals surface area contributed by atoms with Gasteiger partial charge in [-0.3, -0.25) is 0 Å².